The number of hydrogen-bond donors (Lipinski definition) is 1. The molecule has 0 bridgehead atoms. The van der Waals surface area contributed by atoms with Crippen LogP contribution < -0.4 is 0 Å². The average Bonchev–Trinajstić information content (AvgIpc) is 2.31. The third-order valence-corrected chi connectivity index (χ3v) is 2.71. The summed E-state index contributed by atoms with van der Waals surface area (Å²) >= 11 is 5.78. The van der Waals surface area contributed by atoms with Crippen molar-refractivity contribution < 1.29 is 24.1 Å². The summed E-state index contributed by atoms with van der Waals surface area (Å²) in [6, 6.07) is 6.35. The smallest absolute Gasteiger partial charge is 0.340 e. The lowest BCUT2D eigenvalue weighted by Gasteiger charge is -2.35. The zero-order valence-electron chi connectivity index (χ0n) is 9.76. The first kappa shape index (κ1) is 13.3. The van der Waals surface area contributed by atoms with E-state index in [0.717, 1.165) is 0 Å². The third kappa shape index (κ3) is 3.00. The number of benzene rings is 1. The van der Waals surface area contributed by atoms with Crippen LogP contribution >= 0.6 is 11.6 Å². The van der Waals surface area contributed by atoms with Crippen LogP contribution in [0.1, 0.15) is 17.3 Å². The van der Waals surface area contributed by atoms with E-state index in [4.69, 9.17) is 25.8 Å². The van der Waals surface area contributed by atoms with Crippen molar-refractivity contribution in [2.75, 3.05) is 13.4 Å². The van der Waals surface area contributed by atoms with Gasteiger partial charge in [0.05, 0.1) is 12.2 Å². The Morgan fingerprint density at radius 2 is 2.39 bits per heavy atom. The van der Waals surface area contributed by atoms with Crippen LogP contribution in [0.2, 0.25) is 5.02 Å². The fourth-order valence-electron chi connectivity index (χ4n) is 1.55. The number of rotatable bonds is 2. The summed E-state index contributed by atoms with van der Waals surface area (Å²) in [4.78, 5) is 11.8. The van der Waals surface area contributed by atoms with E-state index in [1.165, 1.54) is 13.0 Å². The first-order valence-corrected chi connectivity index (χ1v) is 5.75. The van der Waals surface area contributed by atoms with E-state index in [9.17, 15) is 9.90 Å². The van der Waals surface area contributed by atoms with Gasteiger partial charge in [-0.3, -0.25) is 0 Å². The number of aliphatic hydroxyl groups is 1. The molecule has 1 N–H and O–H groups in total. The summed E-state index contributed by atoms with van der Waals surface area (Å²) in [6.07, 6.45) is -1.06. The highest BCUT2D eigenvalue weighted by molar-refractivity contribution is 6.30. The topological polar surface area (TPSA) is 65.0 Å². The van der Waals surface area contributed by atoms with Crippen molar-refractivity contribution >= 4 is 17.6 Å². The molecule has 0 saturated carbocycles. The lowest BCUT2D eigenvalue weighted by molar-refractivity contribution is -0.298. The van der Waals surface area contributed by atoms with Gasteiger partial charge in [0.15, 0.2) is 6.79 Å². The molecule has 5 nitrogen and oxygen atoms in total. The molecule has 2 atom stereocenters. The van der Waals surface area contributed by atoms with E-state index in [2.05, 4.69) is 0 Å². The molecule has 1 aromatic rings. The molecule has 6 heteroatoms. The van der Waals surface area contributed by atoms with Crippen LogP contribution in [0.25, 0.3) is 0 Å². The molecule has 1 aromatic carbocycles. The Morgan fingerprint density at radius 3 is 3.06 bits per heavy atom. The summed E-state index contributed by atoms with van der Waals surface area (Å²) < 4.78 is 15.1. The summed E-state index contributed by atoms with van der Waals surface area (Å²) in [5.41, 5.74) is -1.07. The number of carbonyl (C=O) groups is 1. The summed E-state index contributed by atoms with van der Waals surface area (Å²) in [6.45, 7) is 1.49. The predicted octanol–water partition coefficient (Wildman–Crippen LogP) is 1.58. The molecular weight excluding hydrogens is 260 g/mol. The number of esters is 1. The number of hydrogen-bond acceptors (Lipinski definition) is 5. The third-order valence-electron chi connectivity index (χ3n) is 2.48. The minimum absolute atomic E-state index is 0.0242. The predicted molar refractivity (Wildman–Crippen MR) is 63.2 cm³/mol. The van der Waals surface area contributed by atoms with Gasteiger partial charge in [-0.05, 0) is 25.1 Å². The quantitative estimate of drug-likeness (QED) is 0.828. The van der Waals surface area contributed by atoms with Crippen LogP contribution in [-0.2, 0) is 14.2 Å². The monoisotopic (exact) mass is 272 g/mol. The number of ether oxygens (including phenoxy) is 3. The molecule has 0 aromatic heterocycles. The van der Waals surface area contributed by atoms with Crippen LogP contribution in [0.5, 0.6) is 0 Å². The second-order valence-electron chi connectivity index (χ2n) is 4.24. The van der Waals surface area contributed by atoms with Crippen LogP contribution in [0, 0.1) is 0 Å². The zero-order valence-corrected chi connectivity index (χ0v) is 10.5. The van der Waals surface area contributed by atoms with Gasteiger partial charge in [0.1, 0.15) is 5.60 Å². The molecule has 1 aliphatic heterocycles. The second kappa shape index (κ2) is 5.24. The largest absolute Gasteiger partial charge is 0.429 e. The Kier molecular flexibility index (Phi) is 3.87. The molecule has 0 radical (unpaired) electrons. The number of carbonyl (C=O) groups excluding carboxylic acids is 1. The molecular formula is C12H13ClO5. The molecule has 1 fully saturated rings. The molecule has 0 spiro atoms. The van der Waals surface area contributed by atoms with E-state index in [1.54, 1.807) is 18.2 Å². The standard InChI is InChI=1S/C12H13ClO5/c1-12(15)6-16-7-17-11(12)18-10(14)8-3-2-4-9(13)5-8/h2-5,11,15H,6-7H2,1H3. The molecule has 0 amide bonds. The van der Waals surface area contributed by atoms with Gasteiger partial charge in [-0.2, -0.15) is 0 Å². The summed E-state index contributed by atoms with van der Waals surface area (Å²) in [7, 11) is 0. The van der Waals surface area contributed by atoms with E-state index in [0.29, 0.717) is 10.6 Å². The fraction of sp³-hybridized carbons (Fsp3) is 0.417. The fourth-order valence-corrected chi connectivity index (χ4v) is 1.74. The Bertz CT molecular complexity index is 446. The highest BCUT2D eigenvalue weighted by Gasteiger charge is 2.39. The zero-order chi connectivity index (χ0) is 13.2. The maximum atomic E-state index is 11.8. The Balaban J connectivity index is 2.07. The first-order chi connectivity index (χ1) is 8.49. The summed E-state index contributed by atoms with van der Waals surface area (Å²) in [5, 5.41) is 10.4. The minimum atomic E-state index is -1.37. The van der Waals surface area contributed by atoms with Crippen LogP contribution in [0.4, 0.5) is 0 Å². The van der Waals surface area contributed by atoms with Crippen molar-refractivity contribution in [3.63, 3.8) is 0 Å². The van der Waals surface area contributed by atoms with Crippen molar-refractivity contribution in [3.05, 3.63) is 34.9 Å². The van der Waals surface area contributed by atoms with Crippen LogP contribution in [0.15, 0.2) is 24.3 Å². The van der Waals surface area contributed by atoms with Gasteiger partial charge in [0, 0.05) is 5.02 Å². The highest BCUT2D eigenvalue weighted by atomic mass is 35.5. The maximum absolute atomic E-state index is 11.8. The molecule has 98 valence electrons. The normalized spacial score (nSPS) is 27.8. The molecule has 1 heterocycles. The van der Waals surface area contributed by atoms with Gasteiger partial charge in [0.25, 0.3) is 0 Å². The SMILES string of the molecule is CC1(O)COCOC1OC(=O)c1cccc(Cl)c1. The summed E-state index contributed by atoms with van der Waals surface area (Å²) in [5.74, 6) is -0.607. The van der Waals surface area contributed by atoms with Crippen LogP contribution in [0.3, 0.4) is 0 Å². The Hall–Kier alpha value is -1.14. The van der Waals surface area contributed by atoms with E-state index in [-0.39, 0.29) is 13.4 Å². The van der Waals surface area contributed by atoms with E-state index >= 15 is 0 Å². The second-order valence-corrected chi connectivity index (χ2v) is 4.67. The Labute approximate surface area is 109 Å². The van der Waals surface area contributed by atoms with Gasteiger partial charge < -0.3 is 19.3 Å². The molecule has 18 heavy (non-hydrogen) atoms. The van der Waals surface area contributed by atoms with Crippen molar-refractivity contribution in [1.82, 2.24) is 0 Å². The van der Waals surface area contributed by atoms with Gasteiger partial charge in [-0.1, -0.05) is 17.7 Å². The molecule has 1 saturated heterocycles. The van der Waals surface area contributed by atoms with Crippen LogP contribution in [-0.4, -0.2) is 36.4 Å². The minimum Gasteiger partial charge on any atom is -0.429 e. The van der Waals surface area contributed by atoms with Gasteiger partial charge in [0.2, 0.25) is 6.29 Å². The molecule has 2 unspecified atom stereocenters. The van der Waals surface area contributed by atoms with Crippen molar-refractivity contribution in [2.45, 2.75) is 18.8 Å². The van der Waals surface area contributed by atoms with Crippen molar-refractivity contribution in [1.29, 1.82) is 0 Å². The van der Waals surface area contributed by atoms with E-state index < -0.39 is 17.9 Å². The molecule has 0 aliphatic carbocycles. The maximum Gasteiger partial charge on any atom is 0.340 e. The average molecular weight is 273 g/mol. The van der Waals surface area contributed by atoms with Gasteiger partial charge in [-0.15, -0.1) is 0 Å². The lowest BCUT2D eigenvalue weighted by atomic mass is 10.1. The van der Waals surface area contributed by atoms with Crippen molar-refractivity contribution in [2.24, 2.45) is 0 Å². The first-order valence-electron chi connectivity index (χ1n) is 5.37. The Morgan fingerprint density at radius 1 is 1.61 bits per heavy atom. The van der Waals surface area contributed by atoms with E-state index in [1.807, 2.05) is 0 Å². The highest BCUT2D eigenvalue weighted by Crippen LogP contribution is 2.21. The van der Waals surface area contributed by atoms with Gasteiger partial charge >= 0.3 is 5.97 Å². The van der Waals surface area contributed by atoms with Gasteiger partial charge in [-0.25, -0.2) is 4.79 Å². The lowest BCUT2D eigenvalue weighted by Crippen LogP contribution is -2.51. The molecule has 2 rings (SSSR count). The number of halogens is 1. The molecule has 1 aliphatic rings. The van der Waals surface area contributed by atoms with Crippen molar-refractivity contribution in [3.8, 4) is 0 Å².